The fraction of sp³-hybridized carbons (Fsp3) is 0.0909. The van der Waals surface area contributed by atoms with Gasteiger partial charge in [-0.1, -0.05) is 36.4 Å². The molecule has 5 nitrogen and oxygen atoms in total. The van der Waals surface area contributed by atoms with Gasteiger partial charge in [-0.3, -0.25) is 4.79 Å². The molecule has 134 valence electrons. The molecule has 0 fully saturated rings. The molecule has 0 radical (unpaired) electrons. The van der Waals surface area contributed by atoms with Crippen LogP contribution in [0, 0.1) is 0 Å². The van der Waals surface area contributed by atoms with Crippen molar-refractivity contribution in [2.45, 2.75) is 6.42 Å². The zero-order chi connectivity index (χ0) is 18.5. The lowest BCUT2D eigenvalue weighted by Crippen LogP contribution is -2.12. The van der Waals surface area contributed by atoms with Crippen LogP contribution in [0.1, 0.15) is 15.9 Å². The highest BCUT2D eigenvalue weighted by atomic mass is 16.1. The number of pyridine rings is 1. The van der Waals surface area contributed by atoms with Gasteiger partial charge in [0.2, 0.25) is 0 Å². The summed E-state index contributed by atoms with van der Waals surface area (Å²) in [4.78, 5) is 19.9. The summed E-state index contributed by atoms with van der Waals surface area (Å²) in [6.07, 6.45) is 4.53. The number of aromatic nitrogens is 2. The van der Waals surface area contributed by atoms with Gasteiger partial charge in [0.25, 0.3) is 5.91 Å². The van der Waals surface area contributed by atoms with E-state index in [1.807, 2.05) is 48.5 Å². The van der Waals surface area contributed by atoms with Crippen LogP contribution in [0.5, 0.6) is 0 Å². The lowest BCUT2D eigenvalue weighted by atomic mass is 10.1. The molecular weight excluding hydrogens is 336 g/mol. The second-order valence-electron chi connectivity index (χ2n) is 6.29. The SMILES string of the molecule is O=C(Nc1ccccc1)c1ccc(NCCc2c[nH]c3ccccc23)nc1. The Bertz CT molecular complexity index is 1040. The van der Waals surface area contributed by atoms with Crippen LogP contribution in [0.15, 0.2) is 79.1 Å². The number of nitrogens with zero attached hydrogens (tertiary/aromatic N) is 1. The van der Waals surface area contributed by atoms with Crippen LogP contribution in [0.2, 0.25) is 0 Å². The predicted molar refractivity (Wildman–Crippen MR) is 109 cm³/mol. The third kappa shape index (κ3) is 3.98. The number of aromatic amines is 1. The van der Waals surface area contributed by atoms with E-state index in [1.54, 1.807) is 12.3 Å². The largest absolute Gasteiger partial charge is 0.370 e. The molecule has 27 heavy (non-hydrogen) atoms. The fourth-order valence-electron chi connectivity index (χ4n) is 3.02. The standard InChI is InChI=1S/C22H20N4O/c27-22(26-18-6-2-1-3-7-18)17-10-11-21(25-15-17)23-13-12-16-14-24-20-9-5-4-8-19(16)20/h1-11,14-15,24H,12-13H2,(H,23,25)(H,26,27). The lowest BCUT2D eigenvalue weighted by Gasteiger charge is -2.07. The Labute approximate surface area is 157 Å². The highest BCUT2D eigenvalue weighted by molar-refractivity contribution is 6.04. The average Bonchev–Trinajstić information content (AvgIpc) is 3.12. The van der Waals surface area contributed by atoms with Crippen LogP contribution in [-0.4, -0.2) is 22.4 Å². The Balaban J connectivity index is 1.33. The molecule has 2 aromatic heterocycles. The molecule has 0 saturated carbocycles. The molecule has 0 aliphatic carbocycles. The monoisotopic (exact) mass is 356 g/mol. The minimum Gasteiger partial charge on any atom is -0.370 e. The fourth-order valence-corrected chi connectivity index (χ4v) is 3.02. The quantitative estimate of drug-likeness (QED) is 0.477. The minimum atomic E-state index is -0.168. The van der Waals surface area contributed by atoms with Gasteiger partial charge >= 0.3 is 0 Å². The normalized spacial score (nSPS) is 10.7. The van der Waals surface area contributed by atoms with Crippen molar-refractivity contribution >= 4 is 28.3 Å². The van der Waals surface area contributed by atoms with Crippen LogP contribution in [-0.2, 0) is 6.42 Å². The number of hydrogen-bond acceptors (Lipinski definition) is 3. The van der Waals surface area contributed by atoms with Crippen molar-refractivity contribution < 1.29 is 4.79 Å². The molecule has 0 unspecified atom stereocenters. The van der Waals surface area contributed by atoms with Gasteiger partial charge in [0.1, 0.15) is 5.82 Å². The number of H-pyrrole nitrogens is 1. The first-order valence-corrected chi connectivity index (χ1v) is 8.91. The van der Waals surface area contributed by atoms with Gasteiger partial charge in [-0.15, -0.1) is 0 Å². The molecule has 0 aliphatic rings. The number of carbonyl (C=O) groups excluding carboxylic acids is 1. The minimum absolute atomic E-state index is 0.168. The number of benzene rings is 2. The second-order valence-corrected chi connectivity index (χ2v) is 6.29. The predicted octanol–water partition coefficient (Wildman–Crippen LogP) is 4.47. The number of carbonyl (C=O) groups is 1. The van der Waals surface area contributed by atoms with Crippen molar-refractivity contribution in [2.75, 3.05) is 17.2 Å². The summed E-state index contributed by atoms with van der Waals surface area (Å²) < 4.78 is 0. The number of hydrogen-bond donors (Lipinski definition) is 3. The number of anilines is 2. The Hall–Kier alpha value is -3.60. The van der Waals surface area contributed by atoms with Crippen molar-refractivity contribution in [3.05, 3.63) is 90.3 Å². The van der Waals surface area contributed by atoms with Crippen molar-refractivity contribution in [3.63, 3.8) is 0 Å². The molecule has 4 rings (SSSR count). The molecule has 3 N–H and O–H groups in total. The van der Waals surface area contributed by atoms with Crippen LogP contribution < -0.4 is 10.6 Å². The Morgan fingerprint density at radius 1 is 0.963 bits per heavy atom. The van der Waals surface area contributed by atoms with E-state index in [2.05, 4.69) is 38.9 Å². The Kier molecular flexibility index (Phi) is 4.83. The van der Waals surface area contributed by atoms with Crippen LogP contribution in [0.3, 0.4) is 0 Å². The lowest BCUT2D eigenvalue weighted by molar-refractivity contribution is 0.102. The Morgan fingerprint density at radius 3 is 2.59 bits per heavy atom. The summed E-state index contributed by atoms with van der Waals surface area (Å²) in [5.74, 6) is 0.588. The van der Waals surface area contributed by atoms with E-state index in [9.17, 15) is 4.79 Å². The van der Waals surface area contributed by atoms with Crippen LogP contribution in [0.25, 0.3) is 10.9 Å². The van der Waals surface area contributed by atoms with Crippen LogP contribution >= 0.6 is 0 Å². The number of nitrogens with one attached hydrogen (secondary N) is 3. The third-order valence-electron chi connectivity index (χ3n) is 4.43. The molecule has 0 atom stereocenters. The number of amides is 1. The van der Waals surface area contributed by atoms with Gasteiger partial charge in [-0.2, -0.15) is 0 Å². The van der Waals surface area contributed by atoms with E-state index in [-0.39, 0.29) is 5.91 Å². The summed E-state index contributed by atoms with van der Waals surface area (Å²) in [7, 11) is 0. The van der Waals surface area contributed by atoms with E-state index in [0.29, 0.717) is 5.56 Å². The first kappa shape index (κ1) is 16.8. The number of rotatable bonds is 6. The molecule has 2 heterocycles. The van der Waals surface area contributed by atoms with Gasteiger partial charge in [0.05, 0.1) is 5.56 Å². The van der Waals surface area contributed by atoms with Crippen molar-refractivity contribution in [2.24, 2.45) is 0 Å². The number of para-hydroxylation sites is 2. The zero-order valence-electron chi connectivity index (χ0n) is 14.8. The van der Waals surface area contributed by atoms with Gasteiger partial charge in [-0.05, 0) is 42.3 Å². The summed E-state index contributed by atoms with van der Waals surface area (Å²) in [6.45, 7) is 0.768. The third-order valence-corrected chi connectivity index (χ3v) is 4.43. The van der Waals surface area contributed by atoms with Gasteiger partial charge in [0.15, 0.2) is 0 Å². The van der Waals surface area contributed by atoms with Crippen LogP contribution in [0.4, 0.5) is 11.5 Å². The summed E-state index contributed by atoms with van der Waals surface area (Å²) in [6, 6.07) is 21.3. The van der Waals surface area contributed by atoms with E-state index in [4.69, 9.17) is 0 Å². The molecule has 4 aromatic rings. The summed E-state index contributed by atoms with van der Waals surface area (Å²) >= 11 is 0. The van der Waals surface area contributed by atoms with Gasteiger partial charge in [0, 0.05) is 35.5 Å². The smallest absolute Gasteiger partial charge is 0.257 e. The molecule has 0 aliphatic heterocycles. The zero-order valence-corrected chi connectivity index (χ0v) is 14.8. The highest BCUT2D eigenvalue weighted by Crippen LogP contribution is 2.18. The summed E-state index contributed by atoms with van der Waals surface area (Å²) in [5.41, 5.74) is 3.72. The molecule has 5 heteroatoms. The summed E-state index contributed by atoms with van der Waals surface area (Å²) in [5, 5.41) is 7.41. The van der Waals surface area contributed by atoms with E-state index in [0.717, 1.165) is 30.0 Å². The molecule has 0 spiro atoms. The topological polar surface area (TPSA) is 69.8 Å². The molecular formula is C22H20N4O. The van der Waals surface area contributed by atoms with Gasteiger partial charge in [-0.25, -0.2) is 4.98 Å². The van der Waals surface area contributed by atoms with Crippen molar-refractivity contribution in [3.8, 4) is 0 Å². The average molecular weight is 356 g/mol. The molecule has 1 amide bonds. The molecule has 0 bridgehead atoms. The Morgan fingerprint density at radius 2 is 1.78 bits per heavy atom. The maximum absolute atomic E-state index is 12.2. The van der Waals surface area contributed by atoms with Gasteiger partial charge < -0.3 is 15.6 Å². The van der Waals surface area contributed by atoms with E-state index >= 15 is 0 Å². The van der Waals surface area contributed by atoms with Crippen molar-refractivity contribution in [1.29, 1.82) is 0 Å². The van der Waals surface area contributed by atoms with E-state index in [1.165, 1.54) is 10.9 Å². The highest BCUT2D eigenvalue weighted by Gasteiger charge is 2.07. The second kappa shape index (κ2) is 7.74. The first-order chi connectivity index (χ1) is 13.3. The first-order valence-electron chi connectivity index (χ1n) is 8.91. The van der Waals surface area contributed by atoms with E-state index < -0.39 is 0 Å². The van der Waals surface area contributed by atoms with Crippen molar-refractivity contribution in [1.82, 2.24) is 9.97 Å². The maximum Gasteiger partial charge on any atom is 0.257 e. The molecule has 0 saturated heterocycles. The number of fused-ring (bicyclic) bond motifs is 1. The maximum atomic E-state index is 12.2. The molecule has 2 aromatic carbocycles.